The molecular weight excluding hydrogens is 352 g/mol. The molecule has 0 saturated heterocycles. The van der Waals surface area contributed by atoms with Crippen LogP contribution in [0.5, 0.6) is 0 Å². The molecule has 1 N–H and O–H groups in total. The quantitative estimate of drug-likeness (QED) is 0.714. The highest BCUT2D eigenvalue weighted by Crippen LogP contribution is 2.23. The number of fused-ring (bicyclic) bond motifs is 1. The van der Waals surface area contributed by atoms with Crippen LogP contribution in [0.2, 0.25) is 0 Å². The van der Waals surface area contributed by atoms with Crippen LogP contribution in [0.15, 0.2) is 34.0 Å². The largest absolute Gasteiger partial charge is 0.305 e. The number of nitrogens with one attached hydrogen (secondary N) is 1. The summed E-state index contributed by atoms with van der Waals surface area (Å²) in [4.78, 5) is 19.5. The summed E-state index contributed by atoms with van der Waals surface area (Å²) >= 11 is 0. The summed E-state index contributed by atoms with van der Waals surface area (Å²) in [6.45, 7) is 2.02. The van der Waals surface area contributed by atoms with Crippen LogP contribution >= 0.6 is 10.7 Å². The summed E-state index contributed by atoms with van der Waals surface area (Å²) in [5.74, 6) is 0.278. The zero-order chi connectivity index (χ0) is 17.5. The van der Waals surface area contributed by atoms with Gasteiger partial charge in [-0.1, -0.05) is 25.5 Å². The molecule has 0 aliphatic heterocycles. The van der Waals surface area contributed by atoms with Crippen LogP contribution in [0, 0.1) is 0 Å². The first-order chi connectivity index (χ1) is 11.3. The van der Waals surface area contributed by atoms with Crippen molar-refractivity contribution >= 4 is 30.8 Å². The Hall–Kier alpha value is -2.19. The van der Waals surface area contributed by atoms with Gasteiger partial charge in [-0.25, -0.2) is 13.4 Å². The third-order valence-corrected chi connectivity index (χ3v) is 4.99. The molecule has 0 aliphatic rings. The van der Waals surface area contributed by atoms with Gasteiger partial charge in [0.1, 0.15) is 11.3 Å². The predicted molar refractivity (Wildman–Crippen MR) is 91.6 cm³/mol. The molecule has 0 saturated carbocycles. The highest BCUT2D eigenvalue weighted by molar-refractivity contribution is 8.13. The van der Waals surface area contributed by atoms with Gasteiger partial charge in [-0.15, -0.1) is 0 Å². The van der Waals surface area contributed by atoms with E-state index in [0.717, 1.165) is 12.1 Å². The summed E-state index contributed by atoms with van der Waals surface area (Å²) in [6.07, 6.45) is 1.57. The number of hydrogen-bond acceptors (Lipinski definition) is 5. The van der Waals surface area contributed by atoms with Gasteiger partial charge in [0, 0.05) is 23.3 Å². The van der Waals surface area contributed by atoms with Crippen molar-refractivity contribution in [2.75, 3.05) is 0 Å². The summed E-state index contributed by atoms with van der Waals surface area (Å²) in [5, 5.41) is 4.35. The minimum absolute atomic E-state index is 0.0515. The van der Waals surface area contributed by atoms with Gasteiger partial charge in [0.05, 0.1) is 10.6 Å². The third-order valence-electron chi connectivity index (χ3n) is 3.64. The highest BCUT2D eigenvalue weighted by atomic mass is 35.7. The monoisotopic (exact) mass is 366 g/mol. The minimum Gasteiger partial charge on any atom is -0.305 e. The zero-order valence-electron chi connectivity index (χ0n) is 13.1. The van der Waals surface area contributed by atoms with Crippen molar-refractivity contribution in [2.45, 2.75) is 24.7 Å². The van der Waals surface area contributed by atoms with Crippen LogP contribution in [-0.4, -0.2) is 28.2 Å². The van der Waals surface area contributed by atoms with Crippen molar-refractivity contribution in [1.82, 2.24) is 19.7 Å². The molecule has 2 aromatic heterocycles. The molecule has 9 heteroatoms. The number of aryl methyl sites for hydroxylation is 2. The number of nitrogens with zero attached hydrogens (tertiary/aromatic N) is 3. The number of hydrogen-bond donors (Lipinski definition) is 1. The molecule has 0 aliphatic carbocycles. The van der Waals surface area contributed by atoms with Gasteiger partial charge in [0.15, 0.2) is 5.52 Å². The Morgan fingerprint density at radius 3 is 2.75 bits per heavy atom. The summed E-state index contributed by atoms with van der Waals surface area (Å²) in [7, 11) is 3.21. The van der Waals surface area contributed by atoms with Crippen LogP contribution in [0.4, 0.5) is 0 Å². The average Bonchev–Trinajstić information content (AvgIpc) is 2.83. The molecule has 126 valence electrons. The van der Waals surface area contributed by atoms with E-state index in [9.17, 15) is 13.2 Å². The van der Waals surface area contributed by atoms with Crippen molar-refractivity contribution in [1.29, 1.82) is 0 Å². The molecule has 7 nitrogen and oxygen atoms in total. The normalized spacial score (nSPS) is 12.0. The fourth-order valence-corrected chi connectivity index (χ4v) is 3.38. The number of H-pyrrole nitrogens is 1. The molecule has 0 amide bonds. The molecule has 3 rings (SSSR count). The number of aromatic nitrogens is 4. The van der Waals surface area contributed by atoms with E-state index in [1.807, 2.05) is 6.92 Å². The van der Waals surface area contributed by atoms with Gasteiger partial charge in [0.25, 0.3) is 14.6 Å². The molecule has 0 fully saturated rings. The van der Waals surface area contributed by atoms with Crippen molar-refractivity contribution in [3.05, 3.63) is 40.3 Å². The van der Waals surface area contributed by atoms with E-state index in [-0.39, 0.29) is 16.3 Å². The summed E-state index contributed by atoms with van der Waals surface area (Å²) < 4.78 is 24.5. The fourth-order valence-electron chi connectivity index (χ4n) is 2.58. The molecule has 24 heavy (non-hydrogen) atoms. The maximum Gasteiger partial charge on any atom is 0.277 e. The lowest BCUT2D eigenvalue weighted by molar-refractivity contribution is 0.609. The lowest BCUT2D eigenvalue weighted by atomic mass is 10.2. The summed E-state index contributed by atoms with van der Waals surface area (Å²) in [6, 6.07) is 5.97. The van der Waals surface area contributed by atoms with Crippen molar-refractivity contribution in [2.24, 2.45) is 7.05 Å². The fraction of sp³-hybridized carbons (Fsp3) is 0.267. The van der Waals surface area contributed by atoms with Crippen LogP contribution in [0.1, 0.15) is 19.0 Å². The maximum atomic E-state index is 12.4. The standard InChI is InChI=1S/C15H15ClN4O3S/c1-3-5-11-12-13(20(2)19-11)15(21)18-14(17-12)9-6-4-7-10(8-9)24(16,22)23/h4,6-8H,3,5H2,1-2H3,(H,17,18,21). The van der Waals surface area contributed by atoms with E-state index in [1.54, 1.807) is 19.2 Å². The third kappa shape index (κ3) is 2.94. The minimum atomic E-state index is -3.86. The topological polar surface area (TPSA) is 97.7 Å². The van der Waals surface area contributed by atoms with Crippen molar-refractivity contribution in [3.8, 4) is 11.4 Å². The van der Waals surface area contributed by atoms with E-state index in [0.29, 0.717) is 23.0 Å². The highest BCUT2D eigenvalue weighted by Gasteiger charge is 2.16. The number of halogens is 1. The number of rotatable bonds is 4. The Morgan fingerprint density at radius 1 is 1.33 bits per heavy atom. The van der Waals surface area contributed by atoms with Crippen LogP contribution < -0.4 is 5.56 Å². The first kappa shape index (κ1) is 16.7. The first-order valence-corrected chi connectivity index (χ1v) is 9.63. The molecule has 1 aromatic carbocycles. The van der Waals surface area contributed by atoms with E-state index < -0.39 is 9.05 Å². The first-order valence-electron chi connectivity index (χ1n) is 7.32. The SMILES string of the molecule is CCCc1nn(C)c2c(=O)[nH]c(-c3cccc(S(=O)(=O)Cl)c3)nc12. The number of aromatic amines is 1. The van der Waals surface area contributed by atoms with Crippen LogP contribution in [0.3, 0.4) is 0 Å². The van der Waals surface area contributed by atoms with Gasteiger partial charge < -0.3 is 4.98 Å². The Kier molecular flexibility index (Phi) is 4.18. The van der Waals surface area contributed by atoms with Gasteiger partial charge in [-0.3, -0.25) is 9.48 Å². The van der Waals surface area contributed by atoms with Gasteiger partial charge in [-0.2, -0.15) is 5.10 Å². The molecule has 0 atom stereocenters. The zero-order valence-corrected chi connectivity index (χ0v) is 14.6. The molecule has 0 spiro atoms. The Bertz CT molecular complexity index is 1090. The second kappa shape index (κ2) is 6.03. The molecule has 0 bridgehead atoms. The predicted octanol–water partition coefficient (Wildman–Crippen LogP) is 2.20. The maximum absolute atomic E-state index is 12.4. The molecule has 3 aromatic rings. The Morgan fingerprint density at radius 2 is 2.08 bits per heavy atom. The van der Waals surface area contributed by atoms with Crippen LogP contribution in [-0.2, 0) is 22.5 Å². The lowest BCUT2D eigenvalue weighted by Crippen LogP contribution is -2.12. The molecular formula is C15H15ClN4O3S. The van der Waals surface area contributed by atoms with Gasteiger partial charge >= 0.3 is 0 Å². The Balaban J connectivity index is 2.25. The van der Waals surface area contributed by atoms with Crippen molar-refractivity contribution in [3.63, 3.8) is 0 Å². The lowest BCUT2D eigenvalue weighted by Gasteiger charge is -2.04. The van der Waals surface area contributed by atoms with Gasteiger partial charge in [0.2, 0.25) is 0 Å². The van der Waals surface area contributed by atoms with E-state index in [4.69, 9.17) is 10.7 Å². The second-order valence-electron chi connectivity index (χ2n) is 5.40. The van der Waals surface area contributed by atoms with Crippen molar-refractivity contribution < 1.29 is 8.42 Å². The number of benzene rings is 1. The van der Waals surface area contributed by atoms with Gasteiger partial charge in [-0.05, 0) is 18.6 Å². The molecule has 0 radical (unpaired) electrons. The second-order valence-corrected chi connectivity index (χ2v) is 7.96. The smallest absolute Gasteiger partial charge is 0.277 e. The van der Waals surface area contributed by atoms with E-state index in [2.05, 4.69) is 15.1 Å². The Labute approximate surface area is 142 Å². The van der Waals surface area contributed by atoms with Crippen LogP contribution in [0.25, 0.3) is 22.4 Å². The van der Waals surface area contributed by atoms with E-state index >= 15 is 0 Å². The molecule has 0 unspecified atom stereocenters. The molecule has 2 heterocycles. The summed E-state index contributed by atoms with van der Waals surface area (Å²) in [5.41, 5.74) is 1.79. The average molecular weight is 367 g/mol. The van der Waals surface area contributed by atoms with E-state index in [1.165, 1.54) is 16.8 Å².